The Labute approximate surface area is 132 Å². The number of thioether (sulfide) groups is 1. The molecule has 3 N–H and O–H groups in total. The molecule has 2 aromatic rings. The van der Waals surface area contributed by atoms with Crippen LogP contribution in [0.4, 0.5) is 0 Å². The first-order valence-electron chi connectivity index (χ1n) is 6.43. The third-order valence-corrected chi connectivity index (χ3v) is 4.55. The van der Waals surface area contributed by atoms with Crippen molar-refractivity contribution in [3.05, 3.63) is 58.3 Å². The van der Waals surface area contributed by atoms with Crippen LogP contribution in [0.5, 0.6) is 0 Å². The molecule has 0 aliphatic heterocycles. The molecule has 1 atom stereocenters. The Morgan fingerprint density at radius 3 is 2.85 bits per heavy atom. The van der Waals surface area contributed by atoms with Gasteiger partial charge in [-0.2, -0.15) is 0 Å². The van der Waals surface area contributed by atoms with Gasteiger partial charge in [-0.25, -0.2) is 0 Å². The molecule has 0 amide bonds. The zero-order valence-corrected chi connectivity index (χ0v) is 13.7. The number of pyridine rings is 1. The SMILES string of the molecule is Cc1cccc(SCC(Cc2ccc(Br)cn2)NN)c1. The lowest BCUT2D eigenvalue weighted by atomic mass is 10.2. The fourth-order valence-corrected chi connectivity index (χ4v) is 3.13. The van der Waals surface area contributed by atoms with Crippen LogP contribution in [0.15, 0.2) is 52.0 Å². The Morgan fingerprint density at radius 1 is 1.35 bits per heavy atom. The van der Waals surface area contributed by atoms with Gasteiger partial charge in [-0.1, -0.05) is 17.7 Å². The highest BCUT2D eigenvalue weighted by atomic mass is 79.9. The topological polar surface area (TPSA) is 50.9 Å². The molecule has 1 heterocycles. The van der Waals surface area contributed by atoms with Gasteiger partial charge in [0.05, 0.1) is 0 Å². The number of hydrogen-bond donors (Lipinski definition) is 2. The number of aryl methyl sites for hydroxylation is 1. The van der Waals surface area contributed by atoms with Crippen molar-refractivity contribution in [1.82, 2.24) is 10.4 Å². The molecule has 0 fully saturated rings. The fraction of sp³-hybridized carbons (Fsp3) is 0.267. The number of aromatic nitrogens is 1. The summed E-state index contributed by atoms with van der Waals surface area (Å²) in [6.45, 7) is 2.11. The number of nitrogens with two attached hydrogens (primary N) is 1. The molecule has 0 saturated heterocycles. The Bertz CT molecular complexity index is 545. The summed E-state index contributed by atoms with van der Waals surface area (Å²) < 4.78 is 0.993. The normalized spacial score (nSPS) is 12.3. The van der Waals surface area contributed by atoms with Crippen LogP contribution in [0.2, 0.25) is 0 Å². The first kappa shape index (κ1) is 15.5. The monoisotopic (exact) mass is 351 g/mol. The first-order chi connectivity index (χ1) is 9.67. The highest BCUT2D eigenvalue weighted by molar-refractivity contribution is 9.10. The van der Waals surface area contributed by atoms with Crippen LogP contribution in [0, 0.1) is 6.92 Å². The van der Waals surface area contributed by atoms with Crippen molar-refractivity contribution in [3.63, 3.8) is 0 Å². The zero-order chi connectivity index (χ0) is 14.4. The number of nitrogens with zero attached hydrogens (tertiary/aromatic N) is 1. The van der Waals surface area contributed by atoms with Crippen LogP contribution >= 0.6 is 27.7 Å². The minimum absolute atomic E-state index is 0.203. The quantitative estimate of drug-likeness (QED) is 0.476. The predicted octanol–water partition coefficient (Wildman–Crippen LogP) is 3.32. The average molecular weight is 352 g/mol. The van der Waals surface area contributed by atoms with E-state index in [9.17, 15) is 0 Å². The van der Waals surface area contributed by atoms with Crippen LogP contribution in [0.25, 0.3) is 0 Å². The second-order valence-electron chi connectivity index (χ2n) is 4.66. The molecule has 0 aliphatic rings. The summed E-state index contributed by atoms with van der Waals surface area (Å²) in [6, 6.07) is 12.7. The van der Waals surface area contributed by atoms with Gasteiger partial charge >= 0.3 is 0 Å². The molecule has 1 aromatic carbocycles. The number of benzene rings is 1. The van der Waals surface area contributed by atoms with E-state index < -0.39 is 0 Å². The molecular formula is C15H18BrN3S. The summed E-state index contributed by atoms with van der Waals surface area (Å²) in [5, 5.41) is 0. The lowest BCUT2D eigenvalue weighted by Gasteiger charge is -2.15. The van der Waals surface area contributed by atoms with Crippen molar-refractivity contribution in [2.24, 2.45) is 5.84 Å². The number of halogens is 1. The van der Waals surface area contributed by atoms with Crippen molar-refractivity contribution >= 4 is 27.7 Å². The molecule has 0 bridgehead atoms. The minimum Gasteiger partial charge on any atom is -0.271 e. The summed E-state index contributed by atoms with van der Waals surface area (Å²) in [5.74, 6) is 6.56. The van der Waals surface area contributed by atoms with Crippen LogP contribution < -0.4 is 11.3 Å². The van der Waals surface area contributed by atoms with Gasteiger partial charge in [0.1, 0.15) is 0 Å². The van der Waals surface area contributed by atoms with Crippen LogP contribution in [-0.4, -0.2) is 16.8 Å². The molecule has 1 unspecified atom stereocenters. The van der Waals surface area contributed by atoms with Crippen LogP contribution in [0.1, 0.15) is 11.3 Å². The van der Waals surface area contributed by atoms with E-state index in [0.29, 0.717) is 0 Å². The zero-order valence-electron chi connectivity index (χ0n) is 11.3. The molecule has 0 spiro atoms. The Morgan fingerprint density at radius 2 is 2.20 bits per heavy atom. The first-order valence-corrected chi connectivity index (χ1v) is 8.21. The Hall–Kier alpha value is -0.880. The fourth-order valence-electron chi connectivity index (χ4n) is 1.85. The average Bonchev–Trinajstić information content (AvgIpc) is 2.45. The lowest BCUT2D eigenvalue weighted by molar-refractivity contribution is 0.569. The van der Waals surface area contributed by atoms with E-state index in [-0.39, 0.29) is 6.04 Å². The number of nitrogens with one attached hydrogen (secondary N) is 1. The second-order valence-corrected chi connectivity index (χ2v) is 6.67. The molecular weight excluding hydrogens is 334 g/mol. The molecule has 20 heavy (non-hydrogen) atoms. The largest absolute Gasteiger partial charge is 0.271 e. The van der Waals surface area contributed by atoms with Gasteiger partial charge in [0.15, 0.2) is 0 Å². The smallest absolute Gasteiger partial charge is 0.0420 e. The summed E-state index contributed by atoms with van der Waals surface area (Å²) in [6.07, 6.45) is 2.64. The van der Waals surface area contributed by atoms with Crippen molar-refractivity contribution in [3.8, 4) is 0 Å². The van der Waals surface area contributed by atoms with Crippen molar-refractivity contribution in [2.45, 2.75) is 24.3 Å². The summed E-state index contributed by atoms with van der Waals surface area (Å²) in [4.78, 5) is 5.66. The highest BCUT2D eigenvalue weighted by Gasteiger charge is 2.09. The van der Waals surface area contributed by atoms with E-state index in [1.807, 2.05) is 30.1 Å². The van der Waals surface area contributed by atoms with Gasteiger partial charge in [-0.05, 0) is 47.1 Å². The molecule has 2 rings (SSSR count). The predicted molar refractivity (Wildman–Crippen MR) is 88.7 cm³/mol. The van der Waals surface area contributed by atoms with Gasteiger partial charge in [-0.3, -0.25) is 16.3 Å². The molecule has 5 heteroatoms. The molecule has 3 nitrogen and oxygen atoms in total. The number of hydrogen-bond acceptors (Lipinski definition) is 4. The van der Waals surface area contributed by atoms with E-state index in [4.69, 9.17) is 5.84 Å². The molecule has 0 saturated carbocycles. The van der Waals surface area contributed by atoms with E-state index >= 15 is 0 Å². The van der Waals surface area contributed by atoms with E-state index in [1.165, 1.54) is 10.5 Å². The minimum atomic E-state index is 0.203. The third-order valence-electron chi connectivity index (χ3n) is 2.92. The second kappa shape index (κ2) is 7.78. The van der Waals surface area contributed by atoms with Crippen LogP contribution in [-0.2, 0) is 6.42 Å². The van der Waals surface area contributed by atoms with Gasteiger partial charge in [-0.15, -0.1) is 11.8 Å². The molecule has 0 radical (unpaired) electrons. The maximum atomic E-state index is 5.64. The van der Waals surface area contributed by atoms with Gasteiger partial charge < -0.3 is 0 Å². The summed E-state index contributed by atoms with van der Waals surface area (Å²) >= 11 is 5.20. The Kier molecular flexibility index (Phi) is 6.04. The molecule has 0 aliphatic carbocycles. The van der Waals surface area contributed by atoms with Gasteiger partial charge in [0.25, 0.3) is 0 Å². The van der Waals surface area contributed by atoms with Crippen molar-refractivity contribution in [1.29, 1.82) is 0 Å². The lowest BCUT2D eigenvalue weighted by Crippen LogP contribution is -2.38. The molecule has 1 aromatic heterocycles. The maximum absolute atomic E-state index is 5.64. The van der Waals surface area contributed by atoms with Crippen molar-refractivity contribution < 1.29 is 0 Å². The standard InChI is InChI=1S/C15H18BrN3S/c1-11-3-2-4-15(7-11)20-10-14(19-17)8-13-6-5-12(16)9-18-13/h2-7,9,14,19H,8,10,17H2,1H3. The van der Waals surface area contributed by atoms with E-state index in [2.05, 4.69) is 57.5 Å². The van der Waals surface area contributed by atoms with Crippen molar-refractivity contribution in [2.75, 3.05) is 5.75 Å². The summed E-state index contributed by atoms with van der Waals surface area (Å²) in [5.41, 5.74) is 5.20. The number of hydrazine groups is 1. The Balaban J connectivity index is 1.90. The maximum Gasteiger partial charge on any atom is 0.0420 e. The third kappa shape index (κ3) is 4.90. The van der Waals surface area contributed by atoms with Gasteiger partial charge in [0, 0.05) is 39.5 Å². The molecule has 106 valence electrons. The van der Waals surface area contributed by atoms with E-state index in [0.717, 1.165) is 22.3 Å². The van der Waals surface area contributed by atoms with Gasteiger partial charge in [0.2, 0.25) is 0 Å². The number of rotatable bonds is 6. The van der Waals surface area contributed by atoms with E-state index in [1.54, 1.807) is 0 Å². The van der Waals surface area contributed by atoms with Crippen LogP contribution in [0.3, 0.4) is 0 Å². The highest BCUT2D eigenvalue weighted by Crippen LogP contribution is 2.20. The summed E-state index contributed by atoms with van der Waals surface area (Å²) in [7, 11) is 0.